The van der Waals surface area contributed by atoms with Crippen molar-refractivity contribution in [1.82, 2.24) is 16.0 Å². The molecule has 1 heterocycles. The quantitative estimate of drug-likeness (QED) is 0.498. The summed E-state index contributed by atoms with van der Waals surface area (Å²) in [4.78, 5) is 51.7. The summed E-state index contributed by atoms with van der Waals surface area (Å²) in [5.74, 6) is -1.45. The molecule has 0 unspecified atom stereocenters. The molecule has 0 saturated carbocycles. The smallest absolute Gasteiger partial charge is 0.328 e. The van der Waals surface area contributed by atoms with Crippen molar-refractivity contribution < 1.29 is 23.9 Å². The molecule has 38 heavy (non-hydrogen) atoms. The van der Waals surface area contributed by atoms with Gasteiger partial charge in [-0.05, 0) is 36.7 Å². The predicted molar refractivity (Wildman–Crippen MR) is 148 cm³/mol. The van der Waals surface area contributed by atoms with Gasteiger partial charge >= 0.3 is 5.97 Å². The largest absolute Gasteiger partial charge is 0.462 e. The van der Waals surface area contributed by atoms with Crippen molar-refractivity contribution in [3.8, 4) is 0 Å². The fourth-order valence-corrected chi connectivity index (χ4v) is 4.59. The van der Waals surface area contributed by atoms with Crippen molar-refractivity contribution >= 4 is 23.7 Å². The highest BCUT2D eigenvalue weighted by atomic mass is 16.5. The maximum absolute atomic E-state index is 13.2. The summed E-state index contributed by atoms with van der Waals surface area (Å²) in [7, 11) is 0. The van der Waals surface area contributed by atoms with Crippen LogP contribution in [0.2, 0.25) is 0 Å². The lowest BCUT2D eigenvalue weighted by molar-refractivity contribution is -0.151. The van der Waals surface area contributed by atoms with Crippen LogP contribution < -0.4 is 16.0 Å². The monoisotopic (exact) mass is 529 g/mol. The molecule has 0 radical (unpaired) electrons. The molecule has 1 saturated heterocycles. The highest BCUT2D eigenvalue weighted by Gasteiger charge is 2.32. The number of ether oxygens (including phenoxy) is 1. The molecule has 8 heteroatoms. The molecule has 0 aromatic heterocycles. The second kappa shape index (κ2) is 16.8. The van der Waals surface area contributed by atoms with E-state index in [0.29, 0.717) is 25.7 Å². The predicted octanol–water partition coefficient (Wildman–Crippen LogP) is 4.06. The van der Waals surface area contributed by atoms with Gasteiger partial charge in [-0.2, -0.15) is 0 Å². The maximum atomic E-state index is 13.2. The van der Waals surface area contributed by atoms with E-state index in [0.717, 1.165) is 44.1 Å². The number of benzene rings is 1. The van der Waals surface area contributed by atoms with E-state index in [1.807, 2.05) is 58.0 Å². The molecule has 0 spiro atoms. The highest BCUT2D eigenvalue weighted by molar-refractivity contribution is 5.91. The Morgan fingerprint density at radius 2 is 1.37 bits per heavy atom. The Hall–Kier alpha value is -2.90. The van der Waals surface area contributed by atoms with E-state index >= 15 is 0 Å². The molecule has 3 N–H and O–H groups in total. The zero-order chi connectivity index (χ0) is 27.9. The Morgan fingerprint density at radius 3 is 1.95 bits per heavy atom. The van der Waals surface area contributed by atoms with Crippen LogP contribution in [0.15, 0.2) is 30.3 Å². The Morgan fingerprint density at radius 1 is 0.789 bits per heavy atom. The molecule has 0 bridgehead atoms. The van der Waals surface area contributed by atoms with E-state index in [1.165, 1.54) is 0 Å². The number of cyclic esters (lactones) is 1. The van der Waals surface area contributed by atoms with Crippen LogP contribution in [-0.2, 0) is 30.3 Å². The Kier molecular flexibility index (Phi) is 13.9. The number of rotatable bonds is 5. The second-order valence-electron chi connectivity index (χ2n) is 10.9. The second-order valence-corrected chi connectivity index (χ2v) is 10.9. The molecule has 8 nitrogen and oxygen atoms in total. The number of esters is 1. The van der Waals surface area contributed by atoms with E-state index in [2.05, 4.69) is 16.0 Å². The first-order valence-electron chi connectivity index (χ1n) is 14.3. The van der Waals surface area contributed by atoms with E-state index < -0.39 is 18.1 Å². The van der Waals surface area contributed by atoms with E-state index in [9.17, 15) is 19.2 Å². The minimum Gasteiger partial charge on any atom is -0.462 e. The van der Waals surface area contributed by atoms with Gasteiger partial charge in [0.25, 0.3) is 0 Å². The summed E-state index contributed by atoms with van der Waals surface area (Å²) in [5, 5.41) is 8.77. The Bertz CT molecular complexity index is 889. The molecule has 1 aromatic rings. The van der Waals surface area contributed by atoms with Gasteiger partial charge in [0.1, 0.15) is 18.7 Å². The summed E-state index contributed by atoms with van der Waals surface area (Å²) in [5.41, 5.74) is 1.03. The van der Waals surface area contributed by atoms with Crippen molar-refractivity contribution in [3.63, 3.8) is 0 Å². The highest BCUT2D eigenvalue weighted by Crippen LogP contribution is 2.14. The van der Waals surface area contributed by atoms with E-state index in [4.69, 9.17) is 4.74 Å². The van der Waals surface area contributed by atoms with Crippen LogP contribution in [-0.4, -0.2) is 48.4 Å². The molecular formula is C30H47N3O5. The average Bonchev–Trinajstić information content (AvgIpc) is 2.89. The van der Waals surface area contributed by atoms with Crippen LogP contribution in [0.3, 0.4) is 0 Å². The molecule has 3 amide bonds. The van der Waals surface area contributed by atoms with Crippen molar-refractivity contribution in [2.75, 3.05) is 6.61 Å². The lowest BCUT2D eigenvalue weighted by atomic mass is 9.97. The Balaban J connectivity index is 2.21. The summed E-state index contributed by atoms with van der Waals surface area (Å²) in [6.07, 6.45) is 7.40. The number of hydrogen-bond acceptors (Lipinski definition) is 5. The first-order valence-corrected chi connectivity index (χ1v) is 14.3. The Labute approximate surface area is 228 Å². The number of carbonyl (C=O) groups is 4. The van der Waals surface area contributed by atoms with Crippen LogP contribution >= 0.6 is 0 Å². The minimum atomic E-state index is -0.857. The number of carbonyl (C=O) groups excluding carboxylic acids is 4. The lowest BCUT2D eigenvalue weighted by Gasteiger charge is -2.28. The third-order valence-corrected chi connectivity index (χ3v) is 7.20. The number of hydrogen-bond donors (Lipinski definition) is 3. The molecule has 1 aromatic carbocycles. The molecular weight excluding hydrogens is 482 g/mol. The van der Waals surface area contributed by atoms with Crippen LogP contribution in [0.4, 0.5) is 0 Å². The SMILES string of the molecule is CC[C@H](C)[C@@H]1NC(=O)[C@H](C(C)C)NC(=O)CCCCCCCCC(=O)N[C@@H](Cc2ccccc2)COC1=O. The van der Waals surface area contributed by atoms with Gasteiger partial charge in [0, 0.05) is 12.8 Å². The summed E-state index contributed by atoms with van der Waals surface area (Å²) >= 11 is 0. The van der Waals surface area contributed by atoms with Crippen LogP contribution in [0.5, 0.6) is 0 Å². The third-order valence-electron chi connectivity index (χ3n) is 7.20. The average molecular weight is 530 g/mol. The van der Waals surface area contributed by atoms with Gasteiger partial charge in [0.2, 0.25) is 17.7 Å². The van der Waals surface area contributed by atoms with Crippen molar-refractivity contribution in [1.29, 1.82) is 0 Å². The molecule has 1 fully saturated rings. The van der Waals surface area contributed by atoms with Crippen molar-refractivity contribution in [3.05, 3.63) is 35.9 Å². The van der Waals surface area contributed by atoms with Gasteiger partial charge in [-0.3, -0.25) is 14.4 Å². The van der Waals surface area contributed by atoms with Gasteiger partial charge in [-0.25, -0.2) is 4.79 Å². The molecule has 0 aliphatic carbocycles. The van der Waals surface area contributed by atoms with Gasteiger partial charge in [0.15, 0.2) is 0 Å². The topological polar surface area (TPSA) is 114 Å². The van der Waals surface area contributed by atoms with E-state index in [1.54, 1.807) is 0 Å². The molecule has 212 valence electrons. The summed E-state index contributed by atoms with van der Waals surface area (Å²) in [6.45, 7) is 7.58. The fourth-order valence-electron chi connectivity index (χ4n) is 4.59. The number of nitrogens with one attached hydrogen (secondary N) is 3. The molecule has 1 aliphatic rings. The maximum Gasteiger partial charge on any atom is 0.328 e. The third kappa shape index (κ3) is 11.2. The zero-order valence-electron chi connectivity index (χ0n) is 23.6. The van der Waals surface area contributed by atoms with Gasteiger partial charge in [-0.1, -0.05) is 90.1 Å². The van der Waals surface area contributed by atoms with Gasteiger partial charge in [0.05, 0.1) is 6.04 Å². The van der Waals surface area contributed by atoms with Crippen LogP contribution in [0, 0.1) is 11.8 Å². The lowest BCUT2D eigenvalue weighted by Crippen LogP contribution is -2.55. The first-order chi connectivity index (χ1) is 18.2. The van der Waals surface area contributed by atoms with Gasteiger partial charge < -0.3 is 20.7 Å². The summed E-state index contributed by atoms with van der Waals surface area (Å²) in [6, 6.07) is 7.79. The zero-order valence-corrected chi connectivity index (χ0v) is 23.6. The van der Waals surface area contributed by atoms with E-state index in [-0.39, 0.29) is 42.2 Å². The van der Waals surface area contributed by atoms with Crippen molar-refractivity contribution in [2.24, 2.45) is 11.8 Å². The number of amides is 3. The molecule has 1 aliphatic heterocycles. The normalized spacial score (nSPS) is 24.5. The van der Waals surface area contributed by atoms with Gasteiger partial charge in [-0.15, -0.1) is 0 Å². The van der Waals surface area contributed by atoms with Crippen molar-refractivity contribution in [2.45, 2.75) is 110 Å². The minimum absolute atomic E-state index is 0.00656. The van der Waals surface area contributed by atoms with Crippen LogP contribution in [0.1, 0.15) is 91.0 Å². The molecule has 4 atom stereocenters. The van der Waals surface area contributed by atoms with Crippen LogP contribution in [0.25, 0.3) is 0 Å². The standard InChI is InChI=1S/C30H47N3O5/c1-5-22(4)28-30(37)38-20-24(19-23-15-11-10-12-16-23)31-25(34)17-13-8-6-7-9-14-18-26(35)32-27(21(2)3)29(36)33-28/h10-12,15-16,21-22,24,27-28H,5-9,13-14,17-20H2,1-4H3,(H,31,34)(H,32,35)(H,33,36)/t22-,24-,27-,28-/m0/s1. The summed E-state index contributed by atoms with van der Waals surface area (Å²) < 4.78 is 5.70. The fraction of sp³-hybridized carbons (Fsp3) is 0.667. The molecule has 2 rings (SSSR count). The first kappa shape index (κ1) is 31.3.